The number of benzene rings is 1. The number of hydrogen-bond acceptors (Lipinski definition) is 4. The molecule has 2 aliphatic heterocycles. The third-order valence-electron chi connectivity index (χ3n) is 6.31. The number of carbonyl (C=O) groups is 1. The van der Waals surface area contributed by atoms with Gasteiger partial charge < -0.3 is 10.2 Å². The smallest absolute Gasteiger partial charge is 0.341 e. The molecule has 29 heavy (non-hydrogen) atoms. The van der Waals surface area contributed by atoms with Crippen molar-refractivity contribution < 1.29 is 26.4 Å². The van der Waals surface area contributed by atoms with E-state index in [4.69, 9.17) is 0 Å². The molecule has 2 fully saturated rings. The molecule has 0 saturated carbocycles. The zero-order chi connectivity index (χ0) is 21.4. The number of nitrogens with one attached hydrogen (secondary N) is 1. The van der Waals surface area contributed by atoms with Gasteiger partial charge in [-0.05, 0) is 70.2 Å². The second kappa shape index (κ2) is 7.91. The molecule has 1 aromatic carbocycles. The molecule has 0 spiro atoms. The fourth-order valence-electron chi connectivity index (χ4n) is 4.27. The number of nitrogens with zero attached hydrogens (tertiary/aromatic N) is 1. The number of halogens is 3. The lowest BCUT2D eigenvalue weighted by Gasteiger charge is -2.40. The van der Waals surface area contributed by atoms with Gasteiger partial charge in [0.05, 0.1) is 21.2 Å². The predicted molar refractivity (Wildman–Crippen MR) is 103 cm³/mol. The van der Waals surface area contributed by atoms with Crippen molar-refractivity contribution in [2.45, 2.75) is 61.4 Å². The van der Waals surface area contributed by atoms with Crippen LogP contribution in [-0.2, 0) is 20.8 Å². The standard InChI is InChI=1S/C20H27F3N2O3S/c1-19(2,29(27,28)16-6-3-5-15(13-16)20(21,22)23)14-8-11-25(12-9-14)18(26)17-7-4-10-24-17/h3,5-6,13-14,17,24H,4,7-12H2,1-2H3/t17-/m0/s1. The fraction of sp³-hybridized carbons (Fsp3) is 0.650. The van der Waals surface area contributed by atoms with E-state index in [-0.39, 0.29) is 22.8 Å². The van der Waals surface area contributed by atoms with Crippen LogP contribution < -0.4 is 5.32 Å². The Balaban J connectivity index is 1.74. The number of hydrogen-bond donors (Lipinski definition) is 1. The Hall–Kier alpha value is -1.61. The van der Waals surface area contributed by atoms with Crippen LogP contribution in [0.3, 0.4) is 0 Å². The van der Waals surface area contributed by atoms with E-state index in [0.29, 0.717) is 32.0 Å². The molecule has 0 aromatic heterocycles. The van der Waals surface area contributed by atoms with Gasteiger partial charge in [0.15, 0.2) is 9.84 Å². The molecule has 2 aliphatic rings. The molecule has 1 aromatic rings. The molecule has 2 saturated heterocycles. The van der Waals surface area contributed by atoms with Gasteiger partial charge in [-0.15, -0.1) is 0 Å². The lowest BCUT2D eigenvalue weighted by atomic mass is 9.85. The van der Waals surface area contributed by atoms with Gasteiger partial charge in [0.25, 0.3) is 0 Å². The molecule has 0 aliphatic carbocycles. The number of piperidine rings is 1. The van der Waals surface area contributed by atoms with E-state index in [0.717, 1.165) is 31.5 Å². The first kappa shape index (κ1) is 22.1. The summed E-state index contributed by atoms with van der Waals surface area (Å²) in [7, 11) is -3.99. The summed E-state index contributed by atoms with van der Waals surface area (Å²) >= 11 is 0. The van der Waals surface area contributed by atoms with Crippen LogP contribution in [0.5, 0.6) is 0 Å². The Morgan fingerprint density at radius 2 is 1.79 bits per heavy atom. The van der Waals surface area contributed by atoms with Crippen LogP contribution in [0.2, 0.25) is 0 Å². The zero-order valence-corrected chi connectivity index (χ0v) is 17.4. The van der Waals surface area contributed by atoms with Crippen molar-refractivity contribution >= 4 is 15.7 Å². The van der Waals surface area contributed by atoms with Crippen molar-refractivity contribution in [3.05, 3.63) is 29.8 Å². The SMILES string of the molecule is CC(C)(C1CCN(C(=O)[C@@H]2CCCN2)CC1)S(=O)(=O)c1cccc(C(F)(F)F)c1. The third-order valence-corrected chi connectivity index (χ3v) is 8.91. The first-order chi connectivity index (χ1) is 13.4. The highest BCUT2D eigenvalue weighted by Gasteiger charge is 2.45. The maximum atomic E-state index is 13.2. The molecular formula is C20H27F3N2O3S. The van der Waals surface area contributed by atoms with E-state index < -0.39 is 26.3 Å². The minimum atomic E-state index is -4.60. The summed E-state index contributed by atoms with van der Waals surface area (Å²) in [6.07, 6.45) is -1.81. The van der Waals surface area contributed by atoms with Crippen LogP contribution in [0.15, 0.2) is 29.2 Å². The van der Waals surface area contributed by atoms with Gasteiger partial charge in [-0.3, -0.25) is 4.79 Å². The Morgan fingerprint density at radius 3 is 2.34 bits per heavy atom. The quantitative estimate of drug-likeness (QED) is 0.793. The maximum absolute atomic E-state index is 13.2. The lowest BCUT2D eigenvalue weighted by Crippen LogP contribution is -2.51. The summed E-state index contributed by atoms with van der Waals surface area (Å²) in [4.78, 5) is 14.0. The highest BCUT2D eigenvalue weighted by atomic mass is 32.2. The molecule has 9 heteroatoms. The molecule has 1 N–H and O–H groups in total. The summed E-state index contributed by atoms with van der Waals surface area (Å²) in [5.74, 6) is -0.192. The average Bonchev–Trinajstić information content (AvgIpc) is 3.21. The Kier molecular flexibility index (Phi) is 6.02. The summed E-state index contributed by atoms with van der Waals surface area (Å²) in [5, 5.41) is 3.18. The molecule has 0 radical (unpaired) electrons. The molecule has 0 unspecified atom stereocenters. The van der Waals surface area contributed by atoms with Gasteiger partial charge in [0.2, 0.25) is 5.91 Å². The molecule has 3 rings (SSSR count). The van der Waals surface area contributed by atoms with Crippen LogP contribution >= 0.6 is 0 Å². The highest BCUT2D eigenvalue weighted by molar-refractivity contribution is 7.92. The van der Waals surface area contributed by atoms with Crippen molar-refractivity contribution in [3.8, 4) is 0 Å². The minimum absolute atomic E-state index is 0.0551. The molecule has 1 amide bonds. The van der Waals surface area contributed by atoms with Crippen molar-refractivity contribution in [1.82, 2.24) is 10.2 Å². The third kappa shape index (κ3) is 4.30. The summed E-state index contributed by atoms with van der Waals surface area (Å²) in [6, 6.07) is 3.76. The van der Waals surface area contributed by atoms with Crippen LogP contribution in [0.25, 0.3) is 0 Å². The number of alkyl halides is 3. The maximum Gasteiger partial charge on any atom is 0.416 e. The summed E-state index contributed by atoms with van der Waals surface area (Å²) in [6.45, 7) is 4.90. The monoisotopic (exact) mass is 432 g/mol. The Morgan fingerprint density at radius 1 is 1.14 bits per heavy atom. The Labute approximate surface area is 169 Å². The van der Waals surface area contributed by atoms with Gasteiger partial charge >= 0.3 is 6.18 Å². The van der Waals surface area contributed by atoms with Gasteiger partial charge in [-0.1, -0.05) is 6.07 Å². The molecule has 162 valence electrons. The first-order valence-corrected chi connectivity index (χ1v) is 11.4. The number of sulfone groups is 1. The summed E-state index contributed by atoms with van der Waals surface area (Å²) in [5.41, 5.74) is -0.973. The molecule has 0 bridgehead atoms. The molecular weight excluding hydrogens is 405 g/mol. The van der Waals surface area contributed by atoms with Gasteiger partial charge in [0, 0.05) is 13.1 Å². The zero-order valence-electron chi connectivity index (χ0n) is 16.6. The van der Waals surface area contributed by atoms with E-state index in [1.807, 2.05) is 0 Å². The Bertz CT molecular complexity index is 854. The van der Waals surface area contributed by atoms with Gasteiger partial charge in [-0.25, -0.2) is 8.42 Å². The van der Waals surface area contributed by atoms with E-state index >= 15 is 0 Å². The molecule has 2 heterocycles. The van der Waals surface area contributed by atoms with Gasteiger partial charge in [0.1, 0.15) is 0 Å². The van der Waals surface area contributed by atoms with Crippen LogP contribution in [0, 0.1) is 5.92 Å². The lowest BCUT2D eigenvalue weighted by molar-refractivity contribution is -0.137. The topological polar surface area (TPSA) is 66.5 Å². The van der Waals surface area contributed by atoms with E-state index in [1.165, 1.54) is 6.07 Å². The number of carbonyl (C=O) groups excluding carboxylic acids is 1. The average molecular weight is 433 g/mol. The van der Waals surface area contributed by atoms with Crippen LogP contribution in [0.4, 0.5) is 13.2 Å². The van der Waals surface area contributed by atoms with Crippen LogP contribution in [-0.4, -0.2) is 49.6 Å². The predicted octanol–water partition coefficient (Wildman–Crippen LogP) is 3.25. The van der Waals surface area contributed by atoms with Crippen molar-refractivity contribution in [2.75, 3.05) is 19.6 Å². The second-order valence-electron chi connectivity index (χ2n) is 8.38. The summed E-state index contributed by atoms with van der Waals surface area (Å²) < 4.78 is 64.2. The number of likely N-dealkylation sites (tertiary alicyclic amines) is 1. The molecule has 5 nitrogen and oxygen atoms in total. The largest absolute Gasteiger partial charge is 0.416 e. The van der Waals surface area contributed by atoms with E-state index in [1.54, 1.807) is 18.7 Å². The number of amides is 1. The van der Waals surface area contributed by atoms with Gasteiger partial charge in [-0.2, -0.15) is 13.2 Å². The highest BCUT2D eigenvalue weighted by Crippen LogP contribution is 2.39. The molecule has 1 atom stereocenters. The van der Waals surface area contributed by atoms with E-state index in [9.17, 15) is 26.4 Å². The normalized spacial score (nSPS) is 22.1. The van der Waals surface area contributed by atoms with E-state index in [2.05, 4.69) is 5.32 Å². The van der Waals surface area contributed by atoms with Crippen molar-refractivity contribution in [3.63, 3.8) is 0 Å². The first-order valence-electron chi connectivity index (χ1n) is 9.88. The minimum Gasteiger partial charge on any atom is -0.341 e. The second-order valence-corrected chi connectivity index (χ2v) is 10.9. The fourth-order valence-corrected chi connectivity index (χ4v) is 6.10. The van der Waals surface area contributed by atoms with Crippen LogP contribution in [0.1, 0.15) is 45.1 Å². The number of rotatable bonds is 4. The van der Waals surface area contributed by atoms with Crippen molar-refractivity contribution in [2.24, 2.45) is 5.92 Å². The van der Waals surface area contributed by atoms with Crippen molar-refractivity contribution in [1.29, 1.82) is 0 Å².